The molecule has 5 rings (SSSR count). The summed E-state index contributed by atoms with van der Waals surface area (Å²) in [6, 6.07) is 11.9. The minimum Gasteiger partial charge on any atom is -0.497 e. The second kappa shape index (κ2) is 8.90. The van der Waals surface area contributed by atoms with Crippen LogP contribution in [0.15, 0.2) is 55.1 Å². The van der Waals surface area contributed by atoms with E-state index in [9.17, 15) is 10.1 Å². The molecule has 1 aliphatic heterocycles. The predicted molar refractivity (Wildman–Crippen MR) is 128 cm³/mol. The molecule has 1 fully saturated rings. The molecule has 0 saturated carbocycles. The summed E-state index contributed by atoms with van der Waals surface area (Å²) in [7, 11) is 3.50. The Labute approximate surface area is 197 Å². The number of nitriles is 1. The number of anilines is 1. The van der Waals surface area contributed by atoms with Crippen molar-refractivity contribution in [2.75, 3.05) is 25.1 Å². The van der Waals surface area contributed by atoms with Crippen LogP contribution in [0.2, 0.25) is 0 Å². The molecule has 4 heterocycles. The van der Waals surface area contributed by atoms with E-state index in [1.165, 1.54) is 0 Å². The predicted octanol–water partition coefficient (Wildman–Crippen LogP) is 2.55. The molecule has 9 nitrogen and oxygen atoms in total. The average Bonchev–Trinajstić information content (AvgIpc) is 3.58. The number of fused-ring (bicyclic) bond motifs is 1. The average molecular weight is 456 g/mol. The Kier molecular flexibility index (Phi) is 5.64. The molecule has 3 aromatic heterocycles. The molecule has 9 heteroatoms. The monoisotopic (exact) mass is 455 g/mol. The highest BCUT2D eigenvalue weighted by molar-refractivity contribution is 5.84. The first-order valence-electron chi connectivity index (χ1n) is 11.1. The fourth-order valence-electron chi connectivity index (χ4n) is 4.46. The summed E-state index contributed by atoms with van der Waals surface area (Å²) in [5, 5.41) is 21.5. The molecule has 1 atom stereocenters. The van der Waals surface area contributed by atoms with Crippen LogP contribution in [0.3, 0.4) is 0 Å². The number of nitrogens with one attached hydrogen (secondary N) is 1. The normalized spacial score (nSPS) is 15.4. The number of methoxy groups -OCH3 is 1. The smallest absolute Gasteiger partial charge is 0.224 e. The first kappa shape index (κ1) is 21.5. The van der Waals surface area contributed by atoms with Gasteiger partial charge < -0.3 is 15.0 Å². The minimum atomic E-state index is -0.00617. The highest BCUT2D eigenvalue weighted by Crippen LogP contribution is 2.32. The van der Waals surface area contributed by atoms with Gasteiger partial charge in [0.1, 0.15) is 17.3 Å². The molecule has 0 radical (unpaired) electrons. The molecule has 1 amide bonds. The van der Waals surface area contributed by atoms with Gasteiger partial charge >= 0.3 is 0 Å². The standard InChI is InChI=1S/C25H25N7O2/c1-30-14-20(13-27-30)18-10-23(25-19(11-26)12-28-32(25)15-18)31-8-7-21(16-31)29-24(33)9-17-3-5-22(34-2)6-4-17/h3-6,10,12-15,21H,7-9,16H2,1-2H3,(H,29,33). The van der Waals surface area contributed by atoms with Crippen molar-refractivity contribution in [1.29, 1.82) is 5.26 Å². The SMILES string of the molecule is COc1ccc(CC(=O)NC2CCN(c3cc(-c4cnn(C)c4)cn4ncc(C#N)c34)C2)cc1. The molecule has 0 aliphatic carbocycles. The number of benzene rings is 1. The number of aryl methyl sites for hydroxylation is 1. The lowest BCUT2D eigenvalue weighted by molar-refractivity contribution is -0.121. The van der Waals surface area contributed by atoms with E-state index in [4.69, 9.17) is 4.74 Å². The van der Waals surface area contributed by atoms with E-state index in [0.717, 1.165) is 46.6 Å². The Hall–Kier alpha value is -4.32. The lowest BCUT2D eigenvalue weighted by atomic mass is 10.1. The maximum absolute atomic E-state index is 12.7. The van der Waals surface area contributed by atoms with Crippen molar-refractivity contribution in [2.24, 2.45) is 7.05 Å². The van der Waals surface area contributed by atoms with E-state index in [-0.39, 0.29) is 11.9 Å². The minimum absolute atomic E-state index is 0.00617. The third kappa shape index (κ3) is 4.18. The molecule has 1 N–H and O–H groups in total. The number of ether oxygens (including phenoxy) is 1. The number of hydrogen-bond donors (Lipinski definition) is 1. The van der Waals surface area contributed by atoms with Gasteiger partial charge in [-0.3, -0.25) is 9.48 Å². The topological polar surface area (TPSA) is 100 Å². The van der Waals surface area contributed by atoms with E-state index in [2.05, 4.69) is 32.5 Å². The summed E-state index contributed by atoms with van der Waals surface area (Å²) < 4.78 is 8.69. The molecule has 0 bridgehead atoms. The number of rotatable bonds is 6. The van der Waals surface area contributed by atoms with Gasteiger partial charge in [0, 0.05) is 49.7 Å². The van der Waals surface area contributed by atoms with E-state index >= 15 is 0 Å². The number of nitrogens with zero attached hydrogens (tertiary/aromatic N) is 6. The summed E-state index contributed by atoms with van der Waals surface area (Å²) in [5.74, 6) is 0.764. The van der Waals surface area contributed by atoms with Crippen LogP contribution in [0.5, 0.6) is 5.75 Å². The van der Waals surface area contributed by atoms with Gasteiger partial charge in [0.15, 0.2) is 0 Å². The molecular weight excluding hydrogens is 430 g/mol. The van der Waals surface area contributed by atoms with Gasteiger partial charge in [-0.05, 0) is 30.2 Å². The van der Waals surface area contributed by atoms with Gasteiger partial charge in [0.2, 0.25) is 5.91 Å². The van der Waals surface area contributed by atoms with E-state index in [1.54, 1.807) is 22.5 Å². The van der Waals surface area contributed by atoms with Gasteiger partial charge in [-0.25, -0.2) is 4.52 Å². The van der Waals surface area contributed by atoms with Crippen LogP contribution < -0.4 is 15.0 Å². The molecule has 0 spiro atoms. The maximum atomic E-state index is 12.7. The zero-order valence-corrected chi connectivity index (χ0v) is 19.1. The lowest BCUT2D eigenvalue weighted by Crippen LogP contribution is -2.38. The van der Waals surface area contributed by atoms with E-state index < -0.39 is 0 Å². The first-order chi connectivity index (χ1) is 16.5. The highest BCUT2D eigenvalue weighted by Gasteiger charge is 2.27. The van der Waals surface area contributed by atoms with Crippen molar-refractivity contribution in [2.45, 2.75) is 18.9 Å². The van der Waals surface area contributed by atoms with Gasteiger partial charge in [0.05, 0.1) is 37.2 Å². The van der Waals surface area contributed by atoms with Crippen LogP contribution in [0.1, 0.15) is 17.5 Å². The van der Waals surface area contributed by atoms with Crippen LogP contribution in [-0.2, 0) is 18.3 Å². The summed E-state index contributed by atoms with van der Waals surface area (Å²) >= 11 is 0. The number of amides is 1. The summed E-state index contributed by atoms with van der Waals surface area (Å²) in [4.78, 5) is 14.9. The molecule has 172 valence electrons. The molecule has 1 aliphatic rings. The van der Waals surface area contributed by atoms with Crippen molar-refractivity contribution < 1.29 is 9.53 Å². The number of pyridine rings is 1. The van der Waals surface area contributed by atoms with E-state index in [1.807, 2.05) is 49.9 Å². The Morgan fingerprint density at radius 2 is 2.03 bits per heavy atom. The fourth-order valence-corrected chi connectivity index (χ4v) is 4.46. The molecule has 1 saturated heterocycles. The van der Waals surface area contributed by atoms with Crippen LogP contribution >= 0.6 is 0 Å². The van der Waals surface area contributed by atoms with Crippen molar-refractivity contribution in [3.8, 4) is 22.9 Å². The first-order valence-corrected chi connectivity index (χ1v) is 11.1. The summed E-state index contributed by atoms with van der Waals surface area (Å²) in [6.07, 6.45) is 8.42. The number of carbonyl (C=O) groups is 1. The second-order valence-corrected chi connectivity index (χ2v) is 8.50. The van der Waals surface area contributed by atoms with Crippen molar-refractivity contribution >= 4 is 17.1 Å². The van der Waals surface area contributed by atoms with Gasteiger partial charge in [0.25, 0.3) is 0 Å². The maximum Gasteiger partial charge on any atom is 0.224 e. The Morgan fingerprint density at radius 3 is 2.74 bits per heavy atom. The molecule has 4 aromatic rings. The van der Waals surface area contributed by atoms with Crippen molar-refractivity contribution in [3.63, 3.8) is 0 Å². The zero-order chi connectivity index (χ0) is 23.7. The Morgan fingerprint density at radius 1 is 1.21 bits per heavy atom. The summed E-state index contributed by atoms with van der Waals surface area (Å²) in [5.41, 5.74) is 5.12. The fraction of sp³-hybridized carbons (Fsp3) is 0.280. The highest BCUT2D eigenvalue weighted by atomic mass is 16.5. The zero-order valence-electron chi connectivity index (χ0n) is 19.1. The quantitative estimate of drug-likeness (QED) is 0.480. The van der Waals surface area contributed by atoms with Crippen LogP contribution in [0.25, 0.3) is 16.6 Å². The third-order valence-electron chi connectivity index (χ3n) is 6.17. The second-order valence-electron chi connectivity index (χ2n) is 8.50. The van der Waals surface area contributed by atoms with Crippen LogP contribution in [0, 0.1) is 11.3 Å². The van der Waals surface area contributed by atoms with Crippen LogP contribution in [0.4, 0.5) is 5.69 Å². The summed E-state index contributed by atoms with van der Waals surface area (Å²) in [6.45, 7) is 1.44. The number of hydrogen-bond acceptors (Lipinski definition) is 6. The third-order valence-corrected chi connectivity index (χ3v) is 6.17. The van der Waals surface area contributed by atoms with E-state index in [0.29, 0.717) is 18.5 Å². The molecule has 34 heavy (non-hydrogen) atoms. The molecular formula is C25H25N7O2. The molecule has 1 unspecified atom stereocenters. The van der Waals surface area contributed by atoms with Gasteiger partial charge in [-0.1, -0.05) is 12.1 Å². The largest absolute Gasteiger partial charge is 0.497 e. The lowest BCUT2D eigenvalue weighted by Gasteiger charge is -2.21. The number of carbonyl (C=O) groups excluding carboxylic acids is 1. The Bertz CT molecular complexity index is 1380. The van der Waals surface area contributed by atoms with Crippen molar-refractivity contribution in [3.05, 3.63) is 66.2 Å². The Balaban J connectivity index is 1.35. The molecule has 1 aromatic carbocycles. The number of aromatic nitrogens is 4. The van der Waals surface area contributed by atoms with Gasteiger partial charge in [-0.15, -0.1) is 0 Å². The van der Waals surface area contributed by atoms with Crippen LogP contribution in [-0.4, -0.2) is 51.5 Å². The van der Waals surface area contributed by atoms with Gasteiger partial charge in [-0.2, -0.15) is 15.5 Å². The van der Waals surface area contributed by atoms with Crippen molar-refractivity contribution in [1.82, 2.24) is 24.7 Å².